The van der Waals surface area contributed by atoms with E-state index in [1.807, 2.05) is 24.3 Å². The van der Waals surface area contributed by atoms with E-state index in [2.05, 4.69) is 21.2 Å². The number of nitrogens with one attached hydrogen (secondary N) is 1. The van der Waals surface area contributed by atoms with Crippen LogP contribution in [0, 0.1) is 5.92 Å². The molecule has 5 heteroatoms. The molecule has 0 aliphatic heterocycles. The molecule has 2 N–H and O–H groups in total. The molecule has 0 saturated heterocycles. The number of amides is 1. The molecular formula is C15H16BrNO3. The van der Waals surface area contributed by atoms with Crippen LogP contribution in [0.3, 0.4) is 0 Å². The summed E-state index contributed by atoms with van der Waals surface area (Å²) in [5.41, 5.74) is 1.70. The van der Waals surface area contributed by atoms with Gasteiger partial charge in [0.25, 0.3) is 0 Å². The minimum Gasteiger partial charge on any atom is -0.478 e. The Morgan fingerprint density at radius 2 is 1.80 bits per heavy atom. The summed E-state index contributed by atoms with van der Waals surface area (Å²) in [5.74, 6) is -0.927. The first-order chi connectivity index (χ1) is 9.54. The molecule has 0 heterocycles. The van der Waals surface area contributed by atoms with Crippen LogP contribution in [0.15, 0.2) is 40.4 Å². The highest BCUT2D eigenvalue weighted by Gasteiger charge is 2.23. The third kappa shape index (κ3) is 4.20. The number of hydrogen-bond acceptors (Lipinski definition) is 2. The van der Waals surface area contributed by atoms with Gasteiger partial charge in [-0.05, 0) is 49.9 Å². The number of halogens is 1. The average molecular weight is 338 g/mol. The Morgan fingerprint density at radius 3 is 2.35 bits per heavy atom. The summed E-state index contributed by atoms with van der Waals surface area (Å²) in [6.07, 6.45) is 4.06. The number of carboxylic acid groups (broad SMARTS) is 1. The van der Waals surface area contributed by atoms with Crippen molar-refractivity contribution in [2.24, 2.45) is 5.92 Å². The van der Waals surface area contributed by atoms with Gasteiger partial charge < -0.3 is 10.4 Å². The molecule has 1 aliphatic carbocycles. The van der Waals surface area contributed by atoms with Gasteiger partial charge in [0.15, 0.2) is 0 Å². The molecule has 0 radical (unpaired) electrons. The Hall–Kier alpha value is -1.62. The second-order valence-electron chi connectivity index (χ2n) is 4.91. The van der Waals surface area contributed by atoms with Crippen molar-refractivity contribution in [3.63, 3.8) is 0 Å². The number of benzene rings is 1. The number of carbonyl (C=O) groups is 2. The first kappa shape index (κ1) is 14.8. The fourth-order valence-corrected chi connectivity index (χ4v) is 2.61. The van der Waals surface area contributed by atoms with E-state index in [1.54, 1.807) is 0 Å². The van der Waals surface area contributed by atoms with Gasteiger partial charge in [-0.2, -0.15) is 0 Å². The van der Waals surface area contributed by atoms with Crippen LogP contribution in [0.25, 0.3) is 0 Å². The second-order valence-corrected chi connectivity index (χ2v) is 5.83. The second kappa shape index (κ2) is 6.70. The zero-order valence-electron chi connectivity index (χ0n) is 10.9. The van der Waals surface area contributed by atoms with Gasteiger partial charge in [-0.1, -0.05) is 21.5 Å². The first-order valence-electron chi connectivity index (χ1n) is 6.53. The van der Waals surface area contributed by atoms with Crippen molar-refractivity contribution in [3.05, 3.63) is 40.4 Å². The third-order valence-corrected chi connectivity index (χ3v) is 3.97. The van der Waals surface area contributed by atoms with Gasteiger partial charge in [0, 0.05) is 22.2 Å². The van der Waals surface area contributed by atoms with Crippen LogP contribution in [-0.2, 0) is 9.59 Å². The number of rotatable bonds is 3. The number of hydrogen-bond donors (Lipinski definition) is 2. The zero-order valence-corrected chi connectivity index (χ0v) is 12.5. The van der Waals surface area contributed by atoms with Crippen molar-refractivity contribution in [2.75, 3.05) is 5.32 Å². The van der Waals surface area contributed by atoms with Crippen molar-refractivity contribution >= 4 is 33.5 Å². The van der Waals surface area contributed by atoms with Gasteiger partial charge in [-0.25, -0.2) is 4.79 Å². The Bertz CT molecular complexity index is 527. The van der Waals surface area contributed by atoms with E-state index >= 15 is 0 Å². The Balaban J connectivity index is 1.89. The molecule has 0 aromatic heterocycles. The maximum Gasteiger partial charge on any atom is 0.328 e. The minimum absolute atomic E-state index is 0.0155. The summed E-state index contributed by atoms with van der Waals surface area (Å²) in [6, 6.07) is 7.45. The molecular weight excluding hydrogens is 322 g/mol. The van der Waals surface area contributed by atoms with E-state index in [-0.39, 0.29) is 11.8 Å². The fourth-order valence-electron chi connectivity index (χ4n) is 2.35. The van der Waals surface area contributed by atoms with Crippen LogP contribution >= 0.6 is 15.9 Å². The Labute approximate surface area is 126 Å². The van der Waals surface area contributed by atoms with E-state index in [9.17, 15) is 9.59 Å². The summed E-state index contributed by atoms with van der Waals surface area (Å²) < 4.78 is 0.969. The predicted molar refractivity (Wildman–Crippen MR) is 80.4 cm³/mol. The molecule has 0 atom stereocenters. The molecule has 0 unspecified atom stereocenters. The zero-order chi connectivity index (χ0) is 14.5. The number of aliphatic carboxylic acids is 1. The Kier molecular flexibility index (Phi) is 4.95. The van der Waals surface area contributed by atoms with Crippen molar-refractivity contribution in [3.8, 4) is 0 Å². The van der Waals surface area contributed by atoms with Gasteiger partial charge in [-0.3, -0.25) is 4.79 Å². The third-order valence-electron chi connectivity index (χ3n) is 3.44. The first-order valence-corrected chi connectivity index (χ1v) is 7.32. The lowest BCUT2D eigenvalue weighted by atomic mass is 9.85. The lowest BCUT2D eigenvalue weighted by Gasteiger charge is -2.22. The van der Waals surface area contributed by atoms with Gasteiger partial charge in [0.05, 0.1) is 0 Å². The quantitative estimate of drug-likeness (QED) is 0.828. The lowest BCUT2D eigenvalue weighted by Crippen LogP contribution is -2.25. The van der Waals surface area contributed by atoms with Crippen molar-refractivity contribution in [1.29, 1.82) is 0 Å². The molecule has 1 aromatic rings. The summed E-state index contributed by atoms with van der Waals surface area (Å²) in [5, 5.41) is 11.6. The van der Waals surface area contributed by atoms with Crippen LogP contribution in [0.5, 0.6) is 0 Å². The topological polar surface area (TPSA) is 66.4 Å². The van der Waals surface area contributed by atoms with E-state index in [0.29, 0.717) is 25.7 Å². The highest BCUT2D eigenvalue weighted by molar-refractivity contribution is 9.10. The normalized spacial score (nSPS) is 18.4. The Morgan fingerprint density at radius 1 is 1.20 bits per heavy atom. The highest BCUT2D eigenvalue weighted by Crippen LogP contribution is 2.29. The molecule has 2 rings (SSSR count). The SMILES string of the molecule is O=C(O)C=C1CCC(C(=O)Nc2ccc(Br)cc2)CC1. The summed E-state index contributed by atoms with van der Waals surface area (Å²) >= 11 is 3.35. The monoisotopic (exact) mass is 337 g/mol. The summed E-state index contributed by atoms with van der Waals surface area (Å²) in [6.45, 7) is 0. The molecule has 20 heavy (non-hydrogen) atoms. The largest absolute Gasteiger partial charge is 0.478 e. The molecule has 1 amide bonds. The number of anilines is 1. The van der Waals surface area contributed by atoms with Crippen molar-refractivity contribution < 1.29 is 14.7 Å². The summed E-state index contributed by atoms with van der Waals surface area (Å²) in [7, 11) is 0. The van der Waals surface area contributed by atoms with Crippen LogP contribution in [0.4, 0.5) is 5.69 Å². The average Bonchev–Trinajstić information content (AvgIpc) is 2.41. The van der Waals surface area contributed by atoms with Gasteiger partial charge in [0.1, 0.15) is 0 Å². The maximum atomic E-state index is 12.1. The molecule has 1 saturated carbocycles. The standard InChI is InChI=1S/C15H16BrNO3/c16-12-5-7-13(8-6-12)17-15(20)11-3-1-10(2-4-11)9-14(18)19/h5-9,11H,1-4H2,(H,17,20)(H,18,19). The van der Waals surface area contributed by atoms with Crippen LogP contribution < -0.4 is 5.32 Å². The smallest absolute Gasteiger partial charge is 0.328 e. The summed E-state index contributed by atoms with van der Waals surface area (Å²) in [4.78, 5) is 22.7. The van der Waals surface area contributed by atoms with E-state index in [4.69, 9.17) is 5.11 Å². The molecule has 1 aliphatic rings. The van der Waals surface area contributed by atoms with E-state index in [1.165, 1.54) is 6.08 Å². The van der Waals surface area contributed by atoms with Gasteiger partial charge >= 0.3 is 5.97 Å². The predicted octanol–water partition coefficient (Wildman–Crippen LogP) is 3.59. The lowest BCUT2D eigenvalue weighted by molar-refractivity contribution is -0.131. The maximum absolute atomic E-state index is 12.1. The number of carbonyl (C=O) groups excluding carboxylic acids is 1. The molecule has 0 spiro atoms. The molecule has 0 bridgehead atoms. The van der Waals surface area contributed by atoms with Crippen LogP contribution in [-0.4, -0.2) is 17.0 Å². The fraction of sp³-hybridized carbons (Fsp3) is 0.333. The van der Waals surface area contributed by atoms with Crippen molar-refractivity contribution in [1.82, 2.24) is 0 Å². The molecule has 106 valence electrons. The number of allylic oxidation sites excluding steroid dienone is 1. The highest BCUT2D eigenvalue weighted by atomic mass is 79.9. The number of carboxylic acids is 1. The van der Waals surface area contributed by atoms with Crippen LogP contribution in [0.1, 0.15) is 25.7 Å². The van der Waals surface area contributed by atoms with E-state index in [0.717, 1.165) is 15.7 Å². The van der Waals surface area contributed by atoms with E-state index < -0.39 is 5.97 Å². The molecule has 1 aromatic carbocycles. The van der Waals surface area contributed by atoms with Crippen molar-refractivity contribution in [2.45, 2.75) is 25.7 Å². The molecule has 1 fully saturated rings. The van der Waals surface area contributed by atoms with Gasteiger partial charge in [-0.15, -0.1) is 0 Å². The minimum atomic E-state index is -0.905. The molecule has 4 nitrogen and oxygen atoms in total. The van der Waals surface area contributed by atoms with Crippen LogP contribution in [0.2, 0.25) is 0 Å². The van der Waals surface area contributed by atoms with Gasteiger partial charge in [0.2, 0.25) is 5.91 Å².